The van der Waals surface area contributed by atoms with Gasteiger partial charge in [0, 0.05) is 12.5 Å². The van der Waals surface area contributed by atoms with Crippen LogP contribution in [-0.4, -0.2) is 18.6 Å². The SMILES string of the molecule is CCc1ccc([C@](F)(CNC(C)=O)C(F)(F)F)cc1. The summed E-state index contributed by atoms with van der Waals surface area (Å²) in [4.78, 5) is 10.7. The lowest BCUT2D eigenvalue weighted by Gasteiger charge is -2.28. The Morgan fingerprint density at radius 3 is 2.05 bits per heavy atom. The highest BCUT2D eigenvalue weighted by Crippen LogP contribution is 2.42. The number of rotatable bonds is 4. The Bertz CT molecular complexity index is 441. The number of aryl methyl sites for hydroxylation is 1. The predicted octanol–water partition coefficient (Wildman–Crippen LogP) is 3.11. The lowest BCUT2D eigenvalue weighted by atomic mass is 9.93. The number of carbonyl (C=O) groups is 1. The number of hydrogen-bond donors (Lipinski definition) is 1. The van der Waals surface area contributed by atoms with Crippen LogP contribution in [0.4, 0.5) is 17.6 Å². The number of carbonyl (C=O) groups excluding carboxylic acids is 1. The zero-order valence-corrected chi connectivity index (χ0v) is 10.6. The Balaban J connectivity index is 3.11. The minimum Gasteiger partial charge on any atom is -0.352 e. The maximum absolute atomic E-state index is 14.3. The van der Waals surface area contributed by atoms with E-state index in [1.807, 2.05) is 12.2 Å². The first-order valence-electron chi connectivity index (χ1n) is 5.80. The minimum absolute atomic E-state index is 0.508. The summed E-state index contributed by atoms with van der Waals surface area (Å²) in [6, 6.07) is 5.11. The van der Waals surface area contributed by atoms with Gasteiger partial charge in [-0.2, -0.15) is 13.2 Å². The van der Waals surface area contributed by atoms with Crippen LogP contribution >= 0.6 is 0 Å². The van der Waals surface area contributed by atoms with Gasteiger partial charge >= 0.3 is 6.18 Å². The van der Waals surface area contributed by atoms with Crippen LogP contribution in [0.2, 0.25) is 0 Å². The number of alkyl halides is 4. The van der Waals surface area contributed by atoms with Crippen molar-refractivity contribution >= 4 is 5.91 Å². The number of halogens is 4. The van der Waals surface area contributed by atoms with Gasteiger partial charge in [0.25, 0.3) is 0 Å². The summed E-state index contributed by atoms with van der Waals surface area (Å²) in [5, 5.41) is 1.89. The number of nitrogens with one attached hydrogen (secondary N) is 1. The van der Waals surface area contributed by atoms with Crippen molar-refractivity contribution < 1.29 is 22.4 Å². The average molecular weight is 277 g/mol. The first-order chi connectivity index (χ1) is 8.70. The maximum atomic E-state index is 14.3. The lowest BCUT2D eigenvalue weighted by molar-refractivity contribution is -0.233. The molecular formula is C13H15F4NO. The van der Waals surface area contributed by atoms with Gasteiger partial charge in [0.05, 0.1) is 6.54 Å². The van der Waals surface area contributed by atoms with E-state index in [9.17, 15) is 22.4 Å². The summed E-state index contributed by atoms with van der Waals surface area (Å²) in [6.45, 7) is 1.76. The Labute approximate surface area is 108 Å². The van der Waals surface area contributed by atoms with Crippen molar-refractivity contribution in [3.8, 4) is 0 Å². The highest BCUT2D eigenvalue weighted by molar-refractivity contribution is 5.72. The number of hydrogen-bond acceptors (Lipinski definition) is 1. The molecule has 1 amide bonds. The fraction of sp³-hybridized carbons (Fsp3) is 0.462. The molecule has 2 nitrogen and oxygen atoms in total. The molecule has 0 aliphatic carbocycles. The number of benzene rings is 1. The summed E-state index contributed by atoms with van der Waals surface area (Å²) in [5.41, 5.74) is -3.27. The molecule has 1 aromatic carbocycles. The van der Waals surface area contributed by atoms with Crippen molar-refractivity contribution in [2.24, 2.45) is 0 Å². The van der Waals surface area contributed by atoms with Gasteiger partial charge in [0.2, 0.25) is 11.6 Å². The molecule has 1 aromatic rings. The van der Waals surface area contributed by atoms with Gasteiger partial charge in [0.1, 0.15) is 0 Å². The fourth-order valence-corrected chi connectivity index (χ4v) is 1.62. The van der Waals surface area contributed by atoms with Crippen molar-refractivity contribution in [3.63, 3.8) is 0 Å². The average Bonchev–Trinajstić information content (AvgIpc) is 2.34. The van der Waals surface area contributed by atoms with Gasteiger partial charge in [-0.3, -0.25) is 4.79 Å². The van der Waals surface area contributed by atoms with E-state index in [4.69, 9.17) is 0 Å². The highest BCUT2D eigenvalue weighted by atomic mass is 19.4. The second-order valence-electron chi connectivity index (χ2n) is 4.26. The summed E-state index contributed by atoms with van der Waals surface area (Å²) < 4.78 is 53.0. The van der Waals surface area contributed by atoms with E-state index in [1.54, 1.807) is 0 Å². The van der Waals surface area contributed by atoms with Gasteiger partial charge < -0.3 is 5.32 Å². The summed E-state index contributed by atoms with van der Waals surface area (Å²) in [6.07, 6.45) is -4.44. The molecule has 0 fully saturated rings. The first-order valence-corrected chi connectivity index (χ1v) is 5.80. The third kappa shape index (κ3) is 3.45. The molecule has 1 N–H and O–H groups in total. The standard InChI is InChI=1S/C13H15F4NO/c1-3-10-4-6-11(7-5-10)12(14,13(15,16)17)8-18-9(2)19/h4-7H,3,8H2,1-2H3,(H,18,19)/t12-/m1/s1. The van der Waals surface area contributed by atoms with Crippen molar-refractivity contribution in [1.29, 1.82) is 0 Å². The topological polar surface area (TPSA) is 29.1 Å². The molecular weight excluding hydrogens is 262 g/mol. The van der Waals surface area contributed by atoms with Gasteiger partial charge in [-0.05, 0) is 12.0 Å². The van der Waals surface area contributed by atoms with Crippen molar-refractivity contribution in [1.82, 2.24) is 5.32 Å². The van der Waals surface area contributed by atoms with Gasteiger partial charge in [-0.25, -0.2) is 4.39 Å². The molecule has 0 aliphatic rings. The molecule has 0 spiro atoms. The van der Waals surface area contributed by atoms with Crippen LogP contribution in [0, 0.1) is 0 Å². The second-order valence-corrected chi connectivity index (χ2v) is 4.26. The summed E-state index contributed by atoms with van der Waals surface area (Å²) in [5.74, 6) is -0.712. The van der Waals surface area contributed by atoms with E-state index in [2.05, 4.69) is 0 Å². The van der Waals surface area contributed by atoms with Gasteiger partial charge in [-0.1, -0.05) is 31.2 Å². The minimum atomic E-state index is -5.09. The zero-order valence-electron chi connectivity index (χ0n) is 10.6. The van der Waals surface area contributed by atoms with Gasteiger partial charge in [0.15, 0.2) is 0 Å². The Kier molecular flexibility index (Phi) is 4.55. The largest absolute Gasteiger partial charge is 0.428 e. The quantitative estimate of drug-likeness (QED) is 0.842. The number of amides is 1. The van der Waals surface area contributed by atoms with Crippen LogP contribution in [0.25, 0.3) is 0 Å². The van der Waals surface area contributed by atoms with E-state index in [1.165, 1.54) is 12.1 Å². The lowest BCUT2D eigenvalue weighted by Crippen LogP contribution is -2.47. The molecule has 6 heteroatoms. The van der Waals surface area contributed by atoms with E-state index >= 15 is 0 Å². The van der Waals surface area contributed by atoms with Crippen molar-refractivity contribution in [2.45, 2.75) is 32.1 Å². The smallest absolute Gasteiger partial charge is 0.352 e. The molecule has 0 aromatic heterocycles. The summed E-state index contributed by atoms with van der Waals surface area (Å²) in [7, 11) is 0. The van der Waals surface area contributed by atoms with Crippen LogP contribution in [0.5, 0.6) is 0 Å². The molecule has 0 bridgehead atoms. The van der Waals surface area contributed by atoms with E-state index in [0.29, 0.717) is 6.42 Å². The van der Waals surface area contributed by atoms with Gasteiger partial charge in [-0.15, -0.1) is 0 Å². The van der Waals surface area contributed by atoms with Crippen LogP contribution < -0.4 is 5.32 Å². The monoisotopic (exact) mass is 277 g/mol. The third-order valence-electron chi connectivity index (χ3n) is 2.85. The molecule has 1 rings (SSSR count). The molecule has 19 heavy (non-hydrogen) atoms. The molecule has 0 radical (unpaired) electrons. The van der Waals surface area contributed by atoms with Crippen LogP contribution in [0.1, 0.15) is 25.0 Å². The first kappa shape index (κ1) is 15.5. The molecule has 0 saturated carbocycles. The summed E-state index contributed by atoms with van der Waals surface area (Å²) >= 11 is 0. The van der Waals surface area contributed by atoms with Crippen LogP contribution in [0.3, 0.4) is 0 Å². The Hall–Kier alpha value is -1.59. The second kappa shape index (κ2) is 5.59. The van der Waals surface area contributed by atoms with E-state index in [0.717, 1.165) is 24.6 Å². The molecule has 0 saturated heterocycles. The van der Waals surface area contributed by atoms with Crippen LogP contribution in [0.15, 0.2) is 24.3 Å². The van der Waals surface area contributed by atoms with E-state index in [-0.39, 0.29) is 0 Å². The van der Waals surface area contributed by atoms with Crippen LogP contribution in [-0.2, 0) is 16.9 Å². The Morgan fingerprint density at radius 1 is 1.16 bits per heavy atom. The Morgan fingerprint density at radius 2 is 1.68 bits per heavy atom. The third-order valence-corrected chi connectivity index (χ3v) is 2.85. The molecule has 0 aliphatic heterocycles. The normalized spacial score (nSPS) is 14.8. The zero-order chi connectivity index (χ0) is 14.7. The van der Waals surface area contributed by atoms with Crippen molar-refractivity contribution in [3.05, 3.63) is 35.4 Å². The predicted molar refractivity (Wildman–Crippen MR) is 63.3 cm³/mol. The molecule has 0 heterocycles. The fourth-order valence-electron chi connectivity index (χ4n) is 1.62. The molecule has 0 unspecified atom stereocenters. The van der Waals surface area contributed by atoms with E-state index < -0.39 is 29.9 Å². The maximum Gasteiger partial charge on any atom is 0.428 e. The highest BCUT2D eigenvalue weighted by Gasteiger charge is 2.57. The van der Waals surface area contributed by atoms with Crippen molar-refractivity contribution in [2.75, 3.05) is 6.54 Å². The molecule has 1 atom stereocenters. The molecule has 106 valence electrons.